The molecule has 3 atom stereocenters. The summed E-state index contributed by atoms with van der Waals surface area (Å²) in [6.45, 7) is 2.41. The first-order chi connectivity index (χ1) is 15.1. The lowest BCUT2D eigenvalue weighted by Gasteiger charge is -2.35. The molecule has 1 amide bonds. The van der Waals surface area contributed by atoms with Gasteiger partial charge in [0, 0.05) is 11.6 Å². The third-order valence-electron chi connectivity index (χ3n) is 6.19. The smallest absolute Gasteiger partial charge is 0.296 e. The monoisotopic (exact) mass is 440 g/mol. The van der Waals surface area contributed by atoms with Crippen LogP contribution in [-0.4, -0.2) is 36.5 Å². The van der Waals surface area contributed by atoms with Crippen molar-refractivity contribution in [3.05, 3.63) is 46.7 Å². The Bertz CT molecular complexity index is 1050. The fraction of sp³-hybridized carbons (Fsp3) is 0.435. The number of rotatable bonds is 5. The highest BCUT2D eigenvalue weighted by molar-refractivity contribution is 7.13. The molecule has 1 fully saturated rings. The highest BCUT2D eigenvalue weighted by Crippen LogP contribution is 2.49. The van der Waals surface area contributed by atoms with Gasteiger partial charge < -0.3 is 14.2 Å². The molecule has 1 aromatic carbocycles. The molecular formula is C23H24N2O5S. The van der Waals surface area contributed by atoms with E-state index >= 15 is 0 Å². The van der Waals surface area contributed by atoms with Crippen LogP contribution in [0.25, 0.3) is 0 Å². The Morgan fingerprint density at radius 2 is 2.06 bits per heavy atom. The van der Waals surface area contributed by atoms with Crippen molar-refractivity contribution in [2.24, 2.45) is 5.92 Å². The van der Waals surface area contributed by atoms with Crippen LogP contribution in [-0.2, 0) is 14.3 Å². The zero-order valence-electron chi connectivity index (χ0n) is 17.5. The van der Waals surface area contributed by atoms with Crippen LogP contribution < -0.4 is 14.4 Å². The summed E-state index contributed by atoms with van der Waals surface area (Å²) < 4.78 is 17.4. The molecule has 2 aliphatic heterocycles. The number of ketones is 1. The number of carbonyl (C=O) groups is 2. The van der Waals surface area contributed by atoms with Crippen molar-refractivity contribution in [1.82, 2.24) is 4.98 Å². The first kappa shape index (κ1) is 20.1. The van der Waals surface area contributed by atoms with Gasteiger partial charge in [-0.2, -0.15) is 0 Å². The molecule has 0 saturated heterocycles. The predicted molar refractivity (Wildman–Crippen MR) is 115 cm³/mol. The summed E-state index contributed by atoms with van der Waals surface area (Å²) in [5.41, 5.74) is 1.20. The lowest BCUT2D eigenvalue weighted by Crippen LogP contribution is -2.39. The van der Waals surface area contributed by atoms with Gasteiger partial charge in [0.2, 0.25) is 0 Å². The van der Waals surface area contributed by atoms with Gasteiger partial charge in [0.25, 0.3) is 5.91 Å². The van der Waals surface area contributed by atoms with Gasteiger partial charge in [-0.3, -0.25) is 14.5 Å². The van der Waals surface area contributed by atoms with Gasteiger partial charge in [-0.1, -0.05) is 12.5 Å². The van der Waals surface area contributed by atoms with E-state index in [4.69, 9.17) is 14.2 Å². The summed E-state index contributed by atoms with van der Waals surface area (Å²) in [6, 6.07) is 4.92. The van der Waals surface area contributed by atoms with Gasteiger partial charge in [0.15, 0.2) is 28.2 Å². The van der Waals surface area contributed by atoms with E-state index < -0.39 is 6.04 Å². The minimum atomic E-state index is -0.603. The molecule has 5 rings (SSSR count). The molecule has 0 radical (unpaired) electrons. The molecule has 3 unspecified atom stereocenters. The standard InChI is InChI=1S/C23H24N2O5S/c1-3-29-16-9-8-13(12-17(16)28-2)19-18-20(26)14-6-4-5-7-15(14)30-21(18)22(27)25(19)23-24-10-11-31-23/h8-12,14-15,19H,3-7H2,1-2H3. The maximum absolute atomic E-state index is 13.6. The molecule has 0 bridgehead atoms. The number of benzene rings is 1. The Morgan fingerprint density at radius 1 is 1.23 bits per heavy atom. The Hall–Kier alpha value is -2.87. The van der Waals surface area contributed by atoms with Crippen molar-refractivity contribution >= 4 is 28.2 Å². The highest BCUT2D eigenvalue weighted by atomic mass is 32.1. The van der Waals surface area contributed by atoms with Gasteiger partial charge in [0.05, 0.1) is 31.2 Å². The van der Waals surface area contributed by atoms with E-state index in [1.54, 1.807) is 18.2 Å². The molecular weight excluding hydrogens is 416 g/mol. The van der Waals surface area contributed by atoms with Crippen LogP contribution in [0.15, 0.2) is 41.1 Å². The van der Waals surface area contributed by atoms with Gasteiger partial charge in [-0.25, -0.2) is 4.98 Å². The molecule has 2 aromatic rings. The third kappa shape index (κ3) is 3.20. The zero-order chi connectivity index (χ0) is 21.5. The molecule has 1 saturated carbocycles. The Morgan fingerprint density at radius 3 is 2.81 bits per heavy atom. The number of methoxy groups -OCH3 is 1. The van der Waals surface area contributed by atoms with Crippen molar-refractivity contribution in [3.8, 4) is 11.5 Å². The minimum absolute atomic E-state index is 0.0243. The summed E-state index contributed by atoms with van der Waals surface area (Å²) in [5, 5.41) is 2.36. The lowest BCUT2D eigenvalue weighted by molar-refractivity contribution is -0.131. The zero-order valence-corrected chi connectivity index (χ0v) is 18.3. The van der Waals surface area contributed by atoms with Gasteiger partial charge in [-0.15, -0.1) is 11.3 Å². The van der Waals surface area contributed by atoms with E-state index in [0.717, 1.165) is 31.2 Å². The molecule has 0 spiro atoms. The number of fused-ring (bicyclic) bond motifs is 1. The van der Waals surface area contributed by atoms with Crippen LogP contribution in [0.4, 0.5) is 5.13 Å². The van der Waals surface area contributed by atoms with Crippen LogP contribution in [0.5, 0.6) is 11.5 Å². The largest absolute Gasteiger partial charge is 0.493 e. The number of hydrogen-bond donors (Lipinski definition) is 0. The molecule has 1 aliphatic carbocycles. The summed E-state index contributed by atoms with van der Waals surface area (Å²) in [5.74, 6) is 0.882. The van der Waals surface area contributed by atoms with E-state index in [9.17, 15) is 9.59 Å². The first-order valence-corrected chi connectivity index (χ1v) is 11.5. The van der Waals surface area contributed by atoms with Crippen molar-refractivity contribution in [2.75, 3.05) is 18.6 Å². The fourth-order valence-corrected chi connectivity index (χ4v) is 5.49. The van der Waals surface area contributed by atoms with E-state index in [-0.39, 0.29) is 29.5 Å². The molecule has 7 nitrogen and oxygen atoms in total. The number of aromatic nitrogens is 1. The average molecular weight is 441 g/mol. The van der Waals surface area contributed by atoms with Crippen LogP contribution in [0.1, 0.15) is 44.2 Å². The van der Waals surface area contributed by atoms with Crippen LogP contribution in [0.2, 0.25) is 0 Å². The number of carbonyl (C=O) groups excluding carboxylic acids is 2. The van der Waals surface area contributed by atoms with Gasteiger partial charge >= 0.3 is 0 Å². The number of anilines is 1. The maximum Gasteiger partial charge on any atom is 0.296 e. The van der Waals surface area contributed by atoms with Crippen molar-refractivity contribution in [1.29, 1.82) is 0 Å². The van der Waals surface area contributed by atoms with E-state index in [1.165, 1.54) is 11.3 Å². The van der Waals surface area contributed by atoms with Crippen LogP contribution in [0, 0.1) is 5.92 Å². The Balaban J connectivity index is 1.64. The SMILES string of the molecule is CCOc1ccc(C2C3=C(OC4CCCCC4C3=O)C(=O)N2c2nccs2)cc1OC. The van der Waals surface area contributed by atoms with E-state index in [1.807, 2.05) is 30.5 Å². The number of thiazole rings is 1. The number of ether oxygens (including phenoxy) is 3. The summed E-state index contributed by atoms with van der Waals surface area (Å²) >= 11 is 1.36. The van der Waals surface area contributed by atoms with Crippen molar-refractivity contribution in [3.63, 3.8) is 0 Å². The second-order valence-corrected chi connectivity index (χ2v) is 8.76. The predicted octanol–water partition coefficient (Wildman–Crippen LogP) is 4.05. The van der Waals surface area contributed by atoms with Gasteiger partial charge in [0.1, 0.15) is 6.10 Å². The second-order valence-electron chi connectivity index (χ2n) is 7.89. The molecule has 31 heavy (non-hydrogen) atoms. The Kier molecular flexibility index (Phi) is 5.17. The van der Waals surface area contributed by atoms with E-state index in [0.29, 0.717) is 28.8 Å². The van der Waals surface area contributed by atoms with Crippen LogP contribution >= 0.6 is 11.3 Å². The normalized spacial score (nSPS) is 25.2. The first-order valence-electron chi connectivity index (χ1n) is 10.6. The summed E-state index contributed by atoms with van der Waals surface area (Å²) in [7, 11) is 1.58. The second kappa shape index (κ2) is 8.00. The third-order valence-corrected chi connectivity index (χ3v) is 6.96. The topological polar surface area (TPSA) is 78.0 Å². The summed E-state index contributed by atoms with van der Waals surface area (Å²) in [4.78, 5) is 33.0. The highest BCUT2D eigenvalue weighted by Gasteiger charge is 2.53. The maximum atomic E-state index is 13.6. The quantitative estimate of drug-likeness (QED) is 0.698. The van der Waals surface area contributed by atoms with Crippen molar-refractivity contribution < 1.29 is 23.8 Å². The molecule has 3 heterocycles. The van der Waals surface area contributed by atoms with Gasteiger partial charge in [-0.05, 0) is 43.9 Å². The van der Waals surface area contributed by atoms with Crippen LogP contribution in [0.3, 0.4) is 0 Å². The number of amides is 1. The number of hydrogen-bond acceptors (Lipinski definition) is 7. The number of nitrogens with zero attached hydrogens (tertiary/aromatic N) is 2. The fourth-order valence-electron chi connectivity index (χ4n) is 4.82. The van der Waals surface area contributed by atoms with E-state index in [2.05, 4.69) is 4.98 Å². The molecule has 0 N–H and O–H groups in total. The summed E-state index contributed by atoms with van der Waals surface area (Å²) in [6.07, 6.45) is 5.06. The lowest BCUT2D eigenvalue weighted by atomic mass is 9.77. The molecule has 3 aliphatic rings. The van der Waals surface area contributed by atoms with Crippen molar-refractivity contribution in [2.45, 2.75) is 44.8 Å². The molecule has 8 heteroatoms. The number of Topliss-reactive ketones (excluding diaryl/α,β-unsaturated/α-hetero) is 1. The Labute approximate surface area is 184 Å². The molecule has 162 valence electrons. The average Bonchev–Trinajstić information content (AvgIpc) is 3.41. The molecule has 1 aromatic heterocycles. The minimum Gasteiger partial charge on any atom is -0.493 e.